The van der Waals surface area contributed by atoms with Gasteiger partial charge in [0, 0.05) is 18.3 Å². The van der Waals surface area contributed by atoms with Crippen LogP contribution < -0.4 is 10.6 Å². The number of rotatable bonds is 6. The fraction of sp³-hybridized carbons (Fsp3) is 0.273. The molecule has 1 fully saturated rings. The van der Waals surface area contributed by atoms with Gasteiger partial charge in [-0.05, 0) is 50.2 Å². The lowest BCUT2D eigenvalue weighted by atomic mass is 9.94. The quantitative estimate of drug-likeness (QED) is 0.651. The first-order chi connectivity index (χ1) is 14.7. The minimum Gasteiger partial charge on any atom is -0.324 e. The number of hydrogen-bond acceptors (Lipinski definition) is 6. The summed E-state index contributed by atoms with van der Waals surface area (Å²) in [5.74, 6) is 1.04. The number of aromatic nitrogens is 3. The van der Waals surface area contributed by atoms with Crippen LogP contribution in [0.1, 0.15) is 24.5 Å². The molecule has 1 aromatic carbocycles. The molecule has 30 heavy (non-hydrogen) atoms. The Bertz CT molecular complexity index is 992. The molecular weight excluding hydrogens is 383 g/mol. The molecule has 1 aliphatic heterocycles. The predicted octanol–water partition coefficient (Wildman–Crippen LogP) is 3.57. The van der Waals surface area contributed by atoms with Gasteiger partial charge >= 0.3 is 0 Å². The normalized spacial score (nSPS) is 15.0. The van der Waals surface area contributed by atoms with Crippen molar-refractivity contribution in [2.75, 3.05) is 30.3 Å². The number of benzene rings is 1. The predicted molar refractivity (Wildman–Crippen MR) is 113 cm³/mol. The summed E-state index contributed by atoms with van der Waals surface area (Å²) in [5, 5.41) is 5.81. The van der Waals surface area contributed by atoms with Crippen LogP contribution in [0.4, 0.5) is 21.7 Å². The van der Waals surface area contributed by atoms with E-state index >= 15 is 0 Å². The van der Waals surface area contributed by atoms with Crippen LogP contribution in [-0.4, -0.2) is 45.4 Å². The molecule has 0 saturated carbocycles. The SMILES string of the molecule is O=C(CN1CCC(c2cncc(Nc3ccccn3)n2)CC1)Nc1ccccc1F. The average Bonchev–Trinajstić information content (AvgIpc) is 2.77. The Labute approximate surface area is 174 Å². The highest BCUT2D eigenvalue weighted by Crippen LogP contribution is 2.27. The molecule has 1 saturated heterocycles. The zero-order chi connectivity index (χ0) is 20.8. The standard InChI is InChI=1S/C22H23FN6O/c23-17-5-1-2-6-18(17)27-22(30)15-29-11-8-16(9-12-29)19-13-24-14-21(26-19)28-20-7-3-4-10-25-20/h1-7,10,13-14,16H,8-9,11-12,15H2,(H,27,30)(H,25,26,28). The van der Waals surface area contributed by atoms with Gasteiger partial charge in [-0.25, -0.2) is 14.4 Å². The number of carbonyl (C=O) groups excluding carboxylic acids is 1. The molecule has 4 rings (SSSR count). The third kappa shape index (κ3) is 5.15. The number of likely N-dealkylation sites (tertiary alicyclic amines) is 1. The van der Waals surface area contributed by atoms with E-state index in [1.165, 1.54) is 6.07 Å². The van der Waals surface area contributed by atoms with Gasteiger partial charge in [0.1, 0.15) is 17.5 Å². The minimum atomic E-state index is -0.428. The summed E-state index contributed by atoms with van der Waals surface area (Å²) < 4.78 is 13.7. The lowest BCUT2D eigenvalue weighted by Gasteiger charge is -2.31. The monoisotopic (exact) mass is 406 g/mol. The summed E-state index contributed by atoms with van der Waals surface area (Å²) in [7, 11) is 0. The molecule has 0 atom stereocenters. The number of pyridine rings is 1. The molecule has 3 aromatic rings. The number of anilines is 3. The summed E-state index contributed by atoms with van der Waals surface area (Å²) in [4.78, 5) is 27.6. The third-order valence-corrected chi connectivity index (χ3v) is 5.10. The van der Waals surface area contributed by atoms with Gasteiger partial charge in [0.15, 0.2) is 0 Å². The molecule has 0 radical (unpaired) electrons. The maximum atomic E-state index is 13.7. The molecule has 0 aliphatic carbocycles. The van der Waals surface area contributed by atoms with Gasteiger partial charge in [-0.15, -0.1) is 0 Å². The van der Waals surface area contributed by atoms with Crippen LogP contribution >= 0.6 is 0 Å². The number of halogens is 1. The average molecular weight is 406 g/mol. The van der Waals surface area contributed by atoms with Crippen molar-refractivity contribution < 1.29 is 9.18 Å². The molecule has 3 heterocycles. The third-order valence-electron chi connectivity index (χ3n) is 5.10. The molecule has 0 bridgehead atoms. The summed E-state index contributed by atoms with van der Waals surface area (Å²) >= 11 is 0. The number of nitrogens with one attached hydrogen (secondary N) is 2. The second kappa shape index (κ2) is 9.41. The zero-order valence-corrected chi connectivity index (χ0v) is 16.5. The molecule has 0 spiro atoms. The van der Waals surface area contributed by atoms with E-state index in [9.17, 15) is 9.18 Å². The van der Waals surface area contributed by atoms with Crippen LogP contribution in [0.2, 0.25) is 0 Å². The topological polar surface area (TPSA) is 83.0 Å². The van der Waals surface area contributed by atoms with Crippen molar-refractivity contribution in [3.05, 3.63) is 72.6 Å². The highest BCUT2D eigenvalue weighted by molar-refractivity contribution is 5.92. The number of nitrogens with zero attached hydrogens (tertiary/aromatic N) is 4. The lowest BCUT2D eigenvalue weighted by molar-refractivity contribution is -0.117. The Kier molecular flexibility index (Phi) is 6.24. The van der Waals surface area contributed by atoms with Crippen molar-refractivity contribution in [3.63, 3.8) is 0 Å². The zero-order valence-electron chi connectivity index (χ0n) is 16.5. The highest BCUT2D eigenvalue weighted by atomic mass is 19.1. The Balaban J connectivity index is 1.30. The number of para-hydroxylation sites is 1. The summed E-state index contributed by atoms with van der Waals surface area (Å²) in [6, 6.07) is 11.8. The van der Waals surface area contributed by atoms with Gasteiger partial charge in [-0.1, -0.05) is 18.2 Å². The smallest absolute Gasteiger partial charge is 0.238 e. The summed E-state index contributed by atoms with van der Waals surface area (Å²) in [6.45, 7) is 1.79. The van der Waals surface area contributed by atoms with Crippen LogP contribution in [0, 0.1) is 5.82 Å². The van der Waals surface area contributed by atoms with E-state index in [0.717, 1.165) is 37.4 Å². The van der Waals surface area contributed by atoms with Gasteiger partial charge in [0.25, 0.3) is 0 Å². The Morgan fingerprint density at radius 1 is 1.07 bits per heavy atom. The van der Waals surface area contributed by atoms with E-state index in [4.69, 9.17) is 4.98 Å². The molecule has 0 unspecified atom stereocenters. The van der Waals surface area contributed by atoms with E-state index in [-0.39, 0.29) is 24.1 Å². The maximum absolute atomic E-state index is 13.7. The molecule has 8 heteroatoms. The van der Waals surface area contributed by atoms with E-state index in [0.29, 0.717) is 5.82 Å². The molecule has 7 nitrogen and oxygen atoms in total. The van der Waals surface area contributed by atoms with Gasteiger partial charge < -0.3 is 10.6 Å². The maximum Gasteiger partial charge on any atom is 0.238 e. The van der Waals surface area contributed by atoms with Gasteiger partial charge in [-0.3, -0.25) is 14.7 Å². The molecule has 2 N–H and O–H groups in total. The molecule has 1 amide bonds. The number of carbonyl (C=O) groups is 1. The first-order valence-electron chi connectivity index (χ1n) is 9.94. The van der Waals surface area contributed by atoms with Crippen LogP contribution in [0.15, 0.2) is 61.1 Å². The van der Waals surface area contributed by atoms with Crippen molar-refractivity contribution >= 4 is 23.2 Å². The van der Waals surface area contributed by atoms with Crippen molar-refractivity contribution in [3.8, 4) is 0 Å². The van der Waals surface area contributed by atoms with Crippen LogP contribution in [-0.2, 0) is 4.79 Å². The van der Waals surface area contributed by atoms with Gasteiger partial charge in [0.05, 0.1) is 24.1 Å². The van der Waals surface area contributed by atoms with Crippen LogP contribution in [0.5, 0.6) is 0 Å². The second-order valence-corrected chi connectivity index (χ2v) is 7.25. The Hall–Kier alpha value is -3.39. The van der Waals surface area contributed by atoms with Crippen molar-refractivity contribution in [2.24, 2.45) is 0 Å². The number of piperidine rings is 1. The highest BCUT2D eigenvalue weighted by Gasteiger charge is 2.23. The van der Waals surface area contributed by atoms with Crippen LogP contribution in [0.25, 0.3) is 0 Å². The Morgan fingerprint density at radius 3 is 2.63 bits per heavy atom. The van der Waals surface area contributed by atoms with E-state index < -0.39 is 5.82 Å². The number of amides is 1. The largest absolute Gasteiger partial charge is 0.324 e. The van der Waals surface area contributed by atoms with Crippen molar-refractivity contribution in [1.82, 2.24) is 19.9 Å². The van der Waals surface area contributed by atoms with E-state index in [1.807, 2.05) is 18.2 Å². The fourth-order valence-corrected chi connectivity index (χ4v) is 3.55. The minimum absolute atomic E-state index is 0.208. The first-order valence-corrected chi connectivity index (χ1v) is 9.94. The van der Waals surface area contributed by atoms with Gasteiger partial charge in [0.2, 0.25) is 5.91 Å². The van der Waals surface area contributed by atoms with E-state index in [2.05, 4.69) is 25.5 Å². The summed E-state index contributed by atoms with van der Waals surface area (Å²) in [6.07, 6.45) is 6.97. The second-order valence-electron chi connectivity index (χ2n) is 7.25. The number of hydrogen-bond donors (Lipinski definition) is 2. The molecule has 154 valence electrons. The summed E-state index contributed by atoms with van der Waals surface area (Å²) in [5.41, 5.74) is 1.15. The van der Waals surface area contributed by atoms with Crippen LogP contribution in [0.3, 0.4) is 0 Å². The van der Waals surface area contributed by atoms with E-state index in [1.54, 1.807) is 36.8 Å². The molecular formula is C22H23FN6O. The van der Waals surface area contributed by atoms with Crippen molar-refractivity contribution in [1.29, 1.82) is 0 Å². The molecule has 1 aliphatic rings. The Morgan fingerprint density at radius 2 is 1.87 bits per heavy atom. The fourth-order valence-electron chi connectivity index (χ4n) is 3.55. The molecule has 2 aromatic heterocycles. The van der Waals surface area contributed by atoms with Crippen molar-refractivity contribution in [2.45, 2.75) is 18.8 Å². The first kappa shape index (κ1) is 19.9. The van der Waals surface area contributed by atoms with Gasteiger partial charge in [-0.2, -0.15) is 0 Å². The lowest BCUT2D eigenvalue weighted by Crippen LogP contribution is -2.39.